The molecule has 0 fully saturated rings. The van der Waals surface area contributed by atoms with Crippen LogP contribution in [0.15, 0.2) is 41.2 Å². The molecule has 0 saturated carbocycles. The van der Waals surface area contributed by atoms with Gasteiger partial charge in [0.25, 0.3) is 5.56 Å². The number of nitrogens with zero attached hydrogens (tertiary/aromatic N) is 1. The zero-order valence-corrected chi connectivity index (χ0v) is 10.6. The second-order valence-electron chi connectivity index (χ2n) is 3.91. The Labute approximate surface area is 109 Å². The van der Waals surface area contributed by atoms with E-state index in [1.54, 1.807) is 24.3 Å². The van der Waals surface area contributed by atoms with Gasteiger partial charge in [0.1, 0.15) is 0 Å². The Balaban J connectivity index is 2.12. The lowest BCUT2D eigenvalue weighted by Crippen LogP contribution is -2.17. The third kappa shape index (κ3) is 3.81. The fourth-order valence-electron chi connectivity index (χ4n) is 1.43. The van der Waals surface area contributed by atoms with E-state index in [1.165, 1.54) is 12.1 Å². The summed E-state index contributed by atoms with van der Waals surface area (Å²) in [6.45, 7) is 0. The van der Waals surface area contributed by atoms with Crippen LogP contribution in [0.5, 0.6) is 0 Å². The molecule has 0 atom stereocenters. The lowest BCUT2D eigenvalue weighted by Gasteiger charge is -2.06. The van der Waals surface area contributed by atoms with E-state index in [9.17, 15) is 13.2 Å². The average molecular weight is 280 g/mol. The number of aromatic nitrogens is 2. The summed E-state index contributed by atoms with van der Waals surface area (Å²) in [5.74, 6) is -0.135. The first-order valence-corrected chi connectivity index (χ1v) is 7.00. The third-order valence-corrected chi connectivity index (χ3v) is 3.51. The van der Waals surface area contributed by atoms with Crippen LogP contribution in [0, 0.1) is 0 Å². The molecule has 0 saturated heterocycles. The predicted molar refractivity (Wildman–Crippen MR) is 72.0 cm³/mol. The third-order valence-electron chi connectivity index (χ3n) is 2.28. The quantitative estimate of drug-likeness (QED) is 0.696. The molecule has 0 amide bonds. The summed E-state index contributed by atoms with van der Waals surface area (Å²) in [6.07, 6.45) is 0. The number of rotatable bonds is 4. The Kier molecular flexibility index (Phi) is 3.52. The van der Waals surface area contributed by atoms with Gasteiger partial charge in [0.15, 0.2) is 5.82 Å². The van der Waals surface area contributed by atoms with Gasteiger partial charge in [-0.15, -0.1) is 0 Å². The fraction of sp³-hybridized carbons (Fsp3) is 0.0909. The maximum atomic E-state index is 11.9. The monoisotopic (exact) mass is 280 g/mol. The van der Waals surface area contributed by atoms with Crippen molar-refractivity contribution in [1.82, 2.24) is 10.2 Å². The minimum Gasteiger partial charge on any atom is -0.399 e. The van der Waals surface area contributed by atoms with Crippen molar-refractivity contribution in [3.63, 3.8) is 0 Å². The number of hydrogen-bond donors (Lipinski definition) is 3. The van der Waals surface area contributed by atoms with Crippen LogP contribution in [0.1, 0.15) is 5.56 Å². The van der Waals surface area contributed by atoms with Crippen LogP contribution in [-0.2, 0) is 15.8 Å². The number of nitrogens with two attached hydrogens (primary N) is 1. The molecule has 8 heteroatoms. The molecular weight excluding hydrogens is 268 g/mol. The first-order chi connectivity index (χ1) is 8.94. The van der Waals surface area contributed by atoms with Crippen molar-refractivity contribution in [2.24, 2.45) is 0 Å². The Morgan fingerprint density at radius 2 is 1.84 bits per heavy atom. The summed E-state index contributed by atoms with van der Waals surface area (Å²) in [5, 5.41) is 5.72. The normalized spacial score (nSPS) is 11.2. The maximum Gasteiger partial charge on any atom is 0.264 e. The molecule has 2 aromatic rings. The van der Waals surface area contributed by atoms with E-state index < -0.39 is 15.6 Å². The largest absolute Gasteiger partial charge is 0.399 e. The van der Waals surface area contributed by atoms with Crippen molar-refractivity contribution in [3.8, 4) is 0 Å². The fourth-order valence-corrected chi connectivity index (χ4v) is 2.57. The summed E-state index contributed by atoms with van der Waals surface area (Å²) in [6, 6.07) is 9.00. The van der Waals surface area contributed by atoms with Gasteiger partial charge in [-0.3, -0.25) is 9.52 Å². The van der Waals surface area contributed by atoms with Gasteiger partial charge in [-0.1, -0.05) is 12.1 Å². The van der Waals surface area contributed by atoms with Crippen LogP contribution in [-0.4, -0.2) is 18.6 Å². The molecule has 100 valence electrons. The highest BCUT2D eigenvalue weighted by Gasteiger charge is 2.12. The van der Waals surface area contributed by atoms with Crippen molar-refractivity contribution < 1.29 is 8.42 Å². The van der Waals surface area contributed by atoms with Crippen LogP contribution >= 0.6 is 0 Å². The number of nitrogen functional groups attached to an aromatic ring is 1. The van der Waals surface area contributed by atoms with Gasteiger partial charge < -0.3 is 5.73 Å². The Morgan fingerprint density at radius 3 is 2.42 bits per heavy atom. The molecule has 1 aromatic carbocycles. The van der Waals surface area contributed by atoms with E-state index in [-0.39, 0.29) is 11.6 Å². The number of nitrogens with one attached hydrogen (secondary N) is 2. The zero-order valence-electron chi connectivity index (χ0n) is 9.83. The second-order valence-corrected chi connectivity index (χ2v) is 5.63. The maximum absolute atomic E-state index is 11.9. The molecule has 1 aromatic heterocycles. The van der Waals surface area contributed by atoms with E-state index in [2.05, 4.69) is 14.9 Å². The van der Waals surface area contributed by atoms with Crippen molar-refractivity contribution in [1.29, 1.82) is 0 Å². The highest BCUT2D eigenvalue weighted by molar-refractivity contribution is 7.91. The van der Waals surface area contributed by atoms with Gasteiger partial charge in [0, 0.05) is 11.8 Å². The molecule has 0 radical (unpaired) electrons. The molecule has 19 heavy (non-hydrogen) atoms. The zero-order chi connectivity index (χ0) is 13.9. The Morgan fingerprint density at radius 1 is 1.16 bits per heavy atom. The van der Waals surface area contributed by atoms with Crippen molar-refractivity contribution in [3.05, 3.63) is 52.3 Å². The number of hydrogen-bond acceptors (Lipinski definition) is 5. The first kappa shape index (κ1) is 13.1. The first-order valence-electron chi connectivity index (χ1n) is 5.35. The van der Waals surface area contributed by atoms with Crippen LogP contribution < -0.4 is 16.0 Å². The van der Waals surface area contributed by atoms with Crippen LogP contribution in [0.2, 0.25) is 0 Å². The summed E-state index contributed by atoms with van der Waals surface area (Å²) >= 11 is 0. The van der Waals surface area contributed by atoms with Gasteiger partial charge in [0.2, 0.25) is 10.0 Å². The molecule has 0 bridgehead atoms. The lowest BCUT2D eigenvalue weighted by atomic mass is 10.2. The molecule has 4 N–H and O–H groups in total. The summed E-state index contributed by atoms with van der Waals surface area (Å²) in [4.78, 5) is 10.8. The summed E-state index contributed by atoms with van der Waals surface area (Å²) < 4.78 is 26.0. The van der Waals surface area contributed by atoms with Gasteiger partial charge in [-0.2, -0.15) is 5.10 Å². The van der Waals surface area contributed by atoms with Crippen molar-refractivity contribution >= 4 is 21.5 Å². The standard InChI is InChI=1S/C11H12N4O3S/c12-9-3-1-8(2-4-9)7-19(17,18)15-10-5-6-11(16)14-13-10/h1-6H,7,12H2,(H,13,15)(H,14,16). The molecule has 0 unspecified atom stereocenters. The number of benzene rings is 1. The topological polar surface area (TPSA) is 118 Å². The average Bonchev–Trinajstić information content (AvgIpc) is 2.34. The minimum atomic E-state index is -3.59. The van der Waals surface area contributed by atoms with Crippen LogP contribution in [0.25, 0.3) is 0 Å². The van der Waals surface area contributed by atoms with Gasteiger partial charge in [-0.25, -0.2) is 13.5 Å². The molecule has 0 aliphatic carbocycles. The van der Waals surface area contributed by atoms with Crippen LogP contribution in [0.3, 0.4) is 0 Å². The van der Waals surface area contributed by atoms with Crippen molar-refractivity contribution in [2.45, 2.75) is 5.75 Å². The molecule has 7 nitrogen and oxygen atoms in total. The van der Waals surface area contributed by atoms with Crippen molar-refractivity contribution in [2.75, 3.05) is 10.5 Å². The Hall–Kier alpha value is -2.35. The number of sulfonamides is 1. The lowest BCUT2D eigenvalue weighted by molar-refractivity contribution is 0.600. The molecule has 0 aliphatic rings. The van der Waals surface area contributed by atoms with E-state index in [4.69, 9.17) is 5.73 Å². The number of anilines is 2. The van der Waals surface area contributed by atoms with Gasteiger partial charge >= 0.3 is 0 Å². The van der Waals surface area contributed by atoms with Gasteiger partial charge in [-0.05, 0) is 23.8 Å². The highest BCUT2D eigenvalue weighted by Crippen LogP contribution is 2.11. The SMILES string of the molecule is Nc1ccc(CS(=O)(=O)Nc2ccc(=O)[nH]n2)cc1. The Bertz CT molecular complexity index is 702. The number of H-pyrrole nitrogens is 1. The van der Waals surface area contributed by atoms with E-state index in [0.717, 1.165) is 0 Å². The molecule has 0 aliphatic heterocycles. The highest BCUT2D eigenvalue weighted by atomic mass is 32.2. The van der Waals surface area contributed by atoms with E-state index >= 15 is 0 Å². The van der Waals surface area contributed by atoms with E-state index in [1.807, 2.05) is 0 Å². The smallest absolute Gasteiger partial charge is 0.264 e. The van der Waals surface area contributed by atoms with E-state index in [0.29, 0.717) is 11.3 Å². The molecular formula is C11H12N4O3S. The minimum absolute atomic E-state index is 0.0649. The molecule has 0 spiro atoms. The van der Waals surface area contributed by atoms with Crippen LogP contribution in [0.4, 0.5) is 11.5 Å². The summed E-state index contributed by atoms with van der Waals surface area (Å²) in [5.41, 5.74) is 6.29. The number of aromatic amines is 1. The second kappa shape index (κ2) is 5.11. The molecule has 2 rings (SSSR count). The predicted octanol–water partition coefficient (Wildman–Crippen LogP) is 0.294. The summed E-state index contributed by atoms with van der Waals surface area (Å²) in [7, 11) is -3.59. The van der Waals surface area contributed by atoms with Gasteiger partial charge in [0.05, 0.1) is 5.75 Å². The molecule has 1 heterocycles.